The molecule has 0 heterocycles. The Labute approximate surface area is 66.9 Å². The van der Waals surface area contributed by atoms with Crippen molar-refractivity contribution in [3.63, 3.8) is 0 Å². The molecule has 3 unspecified atom stereocenters. The van der Waals surface area contributed by atoms with Gasteiger partial charge in [0.1, 0.15) is 0 Å². The summed E-state index contributed by atoms with van der Waals surface area (Å²) in [6.45, 7) is 4.11. The summed E-state index contributed by atoms with van der Waals surface area (Å²) in [5, 5.41) is 8.78. The van der Waals surface area contributed by atoms with Gasteiger partial charge in [-0.1, -0.05) is 26.0 Å². The second kappa shape index (κ2) is 3.07. The van der Waals surface area contributed by atoms with E-state index in [1.54, 1.807) is 0 Å². The number of carboxylic acid groups (broad SMARTS) is 1. The minimum Gasteiger partial charge on any atom is -0.481 e. The van der Waals surface area contributed by atoms with Crippen molar-refractivity contribution in [1.29, 1.82) is 0 Å². The number of hydrogen-bond acceptors (Lipinski definition) is 1. The highest BCUT2D eigenvalue weighted by atomic mass is 16.4. The Morgan fingerprint density at radius 2 is 2.18 bits per heavy atom. The molecule has 1 rings (SSSR count). The molecule has 0 bridgehead atoms. The molecule has 0 aliphatic heterocycles. The molecule has 0 aromatic rings. The van der Waals surface area contributed by atoms with Gasteiger partial charge in [-0.15, -0.1) is 0 Å². The predicted molar refractivity (Wildman–Crippen MR) is 43.2 cm³/mol. The maximum absolute atomic E-state index is 10.7. The average molecular weight is 154 g/mol. The van der Waals surface area contributed by atoms with E-state index in [-0.39, 0.29) is 11.8 Å². The predicted octanol–water partition coefficient (Wildman–Crippen LogP) is 1.92. The average Bonchev–Trinajstić information content (AvgIpc) is 1.94. The second-order valence-corrected chi connectivity index (χ2v) is 3.36. The van der Waals surface area contributed by atoms with E-state index in [0.717, 1.165) is 6.42 Å². The first kappa shape index (κ1) is 8.31. The van der Waals surface area contributed by atoms with E-state index in [2.05, 4.69) is 6.92 Å². The Bertz CT molecular complexity index is 184. The van der Waals surface area contributed by atoms with E-state index in [4.69, 9.17) is 5.11 Å². The molecule has 2 heteroatoms. The van der Waals surface area contributed by atoms with Crippen molar-refractivity contribution in [3.8, 4) is 0 Å². The fourth-order valence-corrected chi connectivity index (χ4v) is 1.49. The van der Waals surface area contributed by atoms with Gasteiger partial charge >= 0.3 is 5.97 Å². The van der Waals surface area contributed by atoms with E-state index in [1.165, 1.54) is 0 Å². The van der Waals surface area contributed by atoms with Crippen LogP contribution in [0.5, 0.6) is 0 Å². The van der Waals surface area contributed by atoms with Gasteiger partial charge in [0.15, 0.2) is 0 Å². The molecule has 2 nitrogen and oxygen atoms in total. The highest BCUT2D eigenvalue weighted by molar-refractivity contribution is 5.72. The van der Waals surface area contributed by atoms with Crippen LogP contribution >= 0.6 is 0 Å². The summed E-state index contributed by atoms with van der Waals surface area (Å²) in [7, 11) is 0. The van der Waals surface area contributed by atoms with Gasteiger partial charge in [0.05, 0.1) is 5.92 Å². The molecule has 0 aromatic heterocycles. The van der Waals surface area contributed by atoms with E-state index in [9.17, 15) is 4.79 Å². The molecule has 62 valence electrons. The molecule has 1 aliphatic carbocycles. The zero-order valence-corrected chi connectivity index (χ0v) is 6.95. The van der Waals surface area contributed by atoms with Crippen molar-refractivity contribution in [2.24, 2.45) is 17.8 Å². The third kappa shape index (κ3) is 1.62. The molecule has 1 N–H and O–H groups in total. The Kier molecular flexibility index (Phi) is 2.32. The quantitative estimate of drug-likeness (QED) is 0.586. The zero-order valence-electron chi connectivity index (χ0n) is 6.95. The first-order chi connectivity index (χ1) is 5.13. The van der Waals surface area contributed by atoms with Crippen molar-refractivity contribution in [1.82, 2.24) is 0 Å². The first-order valence-corrected chi connectivity index (χ1v) is 4.02. The fourth-order valence-electron chi connectivity index (χ4n) is 1.49. The van der Waals surface area contributed by atoms with Crippen LogP contribution in [-0.2, 0) is 4.79 Å². The molecule has 1 aliphatic rings. The molecule has 0 radical (unpaired) electrons. The summed E-state index contributed by atoms with van der Waals surface area (Å²) >= 11 is 0. The van der Waals surface area contributed by atoms with Crippen LogP contribution in [0.25, 0.3) is 0 Å². The largest absolute Gasteiger partial charge is 0.481 e. The van der Waals surface area contributed by atoms with E-state index < -0.39 is 5.97 Å². The van der Waals surface area contributed by atoms with Gasteiger partial charge in [-0.05, 0) is 18.3 Å². The standard InChI is InChI=1S/C9H14O2/c1-6-4-3-5-8(7(6)2)9(10)11/h3,5-8H,4H2,1-2H3,(H,10,11). The summed E-state index contributed by atoms with van der Waals surface area (Å²) in [4.78, 5) is 10.7. The van der Waals surface area contributed by atoms with Gasteiger partial charge in [0, 0.05) is 0 Å². The molecule has 0 fully saturated rings. The normalized spacial score (nSPS) is 37.1. The van der Waals surface area contributed by atoms with Crippen LogP contribution in [0.1, 0.15) is 20.3 Å². The zero-order chi connectivity index (χ0) is 8.43. The summed E-state index contributed by atoms with van der Waals surface area (Å²) in [6.07, 6.45) is 4.81. The number of allylic oxidation sites excluding steroid dienone is 1. The van der Waals surface area contributed by atoms with Gasteiger partial charge in [0.2, 0.25) is 0 Å². The second-order valence-electron chi connectivity index (χ2n) is 3.36. The first-order valence-electron chi connectivity index (χ1n) is 4.02. The summed E-state index contributed by atoms with van der Waals surface area (Å²) in [6, 6.07) is 0. The van der Waals surface area contributed by atoms with Gasteiger partial charge < -0.3 is 5.11 Å². The van der Waals surface area contributed by atoms with Crippen LogP contribution in [0.3, 0.4) is 0 Å². The lowest BCUT2D eigenvalue weighted by Crippen LogP contribution is -2.26. The fraction of sp³-hybridized carbons (Fsp3) is 0.667. The van der Waals surface area contributed by atoms with E-state index >= 15 is 0 Å². The molecular weight excluding hydrogens is 140 g/mol. The number of rotatable bonds is 1. The van der Waals surface area contributed by atoms with Crippen LogP contribution in [0.15, 0.2) is 12.2 Å². The molecule has 0 saturated heterocycles. The molecule has 0 saturated carbocycles. The molecule has 3 atom stereocenters. The highest BCUT2D eigenvalue weighted by Crippen LogP contribution is 2.29. The van der Waals surface area contributed by atoms with Crippen molar-refractivity contribution in [2.45, 2.75) is 20.3 Å². The van der Waals surface area contributed by atoms with E-state index in [0.29, 0.717) is 5.92 Å². The lowest BCUT2D eigenvalue weighted by molar-refractivity contribution is -0.142. The molecule has 0 spiro atoms. The van der Waals surface area contributed by atoms with Crippen molar-refractivity contribution in [3.05, 3.63) is 12.2 Å². The smallest absolute Gasteiger partial charge is 0.310 e. The molecule has 11 heavy (non-hydrogen) atoms. The van der Waals surface area contributed by atoms with Crippen molar-refractivity contribution in [2.75, 3.05) is 0 Å². The molecule has 0 aromatic carbocycles. The Morgan fingerprint density at radius 1 is 1.55 bits per heavy atom. The van der Waals surface area contributed by atoms with Crippen LogP contribution < -0.4 is 0 Å². The van der Waals surface area contributed by atoms with Gasteiger partial charge in [-0.2, -0.15) is 0 Å². The van der Waals surface area contributed by atoms with Crippen molar-refractivity contribution < 1.29 is 9.90 Å². The molecule has 0 amide bonds. The monoisotopic (exact) mass is 154 g/mol. The minimum absolute atomic E-state index is 0.265. The SMILES string of the molecule is CC1CC=CC(C(=O)O)C1C. The lowest BCUT2D eigenvalue weighted by atomic mass is 9.78. The summed E-state index contributed by atoms with van der Waals surface area (Å²) in [5.41, 5.74) is 0. The lowest BCUT2D eigenvalue weighted by Gasteiger charge is -2.26. The number of carbonyl (C=O) groups is 1. The maximum atomic E-state index is 10.7. The van der Waals surface area contributed by atoms with E-state index in [1.807, 2.05) is 19.1 Å². The third-order valence-electron chi connectivity index (χ3n) is 2.60. The van der Waals surface area contributed by atoms with Crippen LogP contribution in [0.4, 0.5) is 0 Å². The molecular formula is C9H14O2. The minimum atomic E-state index is -0.694. The number of hydrogen-bond donors (Lipinski definition) is 1. The van der Waals surface area contributed by atoms with Gasteiger partial charge in [0.25, 0.3) is 0 Å². The van der Waals surface area contributed by atoms with Crippen LogP contribution in [0, 0.1) is 17.8 Å². The van der Waals surface area contributed by atoms with Crippen molar-refractivity contribution >= 4 is 5.97 Å². The van der Waals surface area contributed by atoms with Crippen LogP contribution in [-0.4, -0.2) is 11.1 Å². The maximum Gasteiger partial charge on any atom is 0.310 e. The Balaban J connectivity index is 2.72. The summed E-state index contributed by atoms with van der Waals surface area (Å²) in [5.74, 6) is -0.183. The third-order valence-corrected chi connectivity index (χ3v) is 2.60. The van der Waals surface area contributed by atoms with Gasteiger partial charge in [-0.25, -0.2) is 0 Å². The highest BCUT2D eigenvalue weighted by Gasteiger charge is 2.28. The number of aliphatic carboxylic acids is 1. The topological polar surface area (TPSA) is 37.3 Å². The Hall–Kier alpha value is -0.790. The van der Waals surface area contributed by atoms with Gasteiger partial charge in [-0.3, -0.25) is 4.79 Å². The van der Waals surface area contributed by atoms with Crippen LogP contribution in [0.2, 0.25) is 0 Å². The summed E-state index contributed by atoms with van der Waals surface area (Å²) < 4.78 is 0. The number of carboxylic acids is 1. The Morgan fingerprint density at radius 3 is 2.64 bits per heavy atom.